The first-order valence-corrected chi connectivity index (χ1v) is 5.42. The molecule has 2 amide bonds. The lowest BCUT2D eigenvalue weighted by atomic mass is 9.99. The molecule has 0 radical (unpaired) electrons. The zero-order valence-corrected chi connectivity index (χ0v) is 10.3. The SMILES string of the molecule is CC(C)(CCC(=O)O)NC(=O)NCc1ncon1. The molecule has 1 aromatic rings. The third-order valence-corrected chi connectivity index (χ3v) is 2.23. The van der Waals surface area contributed by atoms with Crippen LogP contribution in [-0.2, 0) is 11.3 Å². The molecule has 1 heterocycles. The Bertz CT molecular complexity index is 402. The zero-order chi connectivity index (χ0) is 13.6. The molecule has 18 heavy (non-hydrogen) atoms. The Morgan fingerprint density at radius 2 is 2.22 bits per heavy atom. The monoisotopic (exact) mass is 256 g/mol. The number of carboxylic acids is 1. The van der Waals surface area contributed by atoms with E-state index in [0.717, 1.165) is 0 Å². The number of rotatable bonds is 6. The van der Waals surface area contributed by atoms with E-state index in [-0.39, 0.29) is 13.0 Å². The summed E-state index contributed by atoms with van der Waals surface area (Å²) in [6.07, 6.45) is 1.52. The summed E-state index contributed by atoms with van der Waals surface area (Å²) < 4.78 is 4.51. The summed E-state index contributed by atoms with van der Waals surface area (Å²) in [5.74, 6) is -0.523. The summed E-state index contributed by atoms with van der Waals surface area (Å²) in [4.78, 5) is 25.7. The molecular weight excluding hydrogens is 240 g/mol. The summed E-state index contributed by atoms with van der Waals surface area (Å²) >= 11 is 0. The van der Waals surface area contributed by atoms with E-state index >= 15 is 0 Å². The van der Waals surface area contributed by atoms with Crippen LogP contribution in [0.25, 0.3) is 0 Å². The molecule has 100 valence electrons. The highest BCUT2D eigenvalue weighted by molar-refractivity contribution is 5.74. The molecule has 0 aliphatic rings. The minimum Gasteiger partial charge on any atom is -0.481 e. The number of nitrogens with one attached hydrogen (secondary N) is 2. The number of hydrogen-bond donors (Lipinski definition) is 3. The molecule has 8 nitrogen and oxygen atoms in total. The molecule has 0 aliphatic heterocycles. The van der Waals surface area contributed by atoms with Gasteiger partial charge in [0.15, 0.2) is 5.82 Å². The van der Waals surface area contributed by atoms with Crippen LogP contribution < -0.4 is 10.6 Å². The molecule has 3 N–H and O–H groups in total. The van der Waals surface area contributed by atoms with Gasteiger partial charge in [0.1, 0.15) is 0 Å². The lowest BCUT2D eigenvalue weighted by Gasteiger charge is -2.25. The Balaban J connectivity index is 2.31. The van der Waals surface area contributed by atoms with E-state index in [1.165, 1.54) is 6.39 Å². The van der Waals surface area contributed by atoms with Gasteiger partial charge in [-0.25, -0.2) is 4.79 Å². The number of urea groups is 1. The standard InChI is InChI=1S/C10H16N4O4/c1-10(2,4-3-8(15)16)13-9(17)11-5-7-12-6-18-14-7/h6H,3-5H2,1-2H3,(H,15,16)(H2,11,13,17). The topological polar surface area (TPSA) is 117 Å². The van der Waals surface area contributed by atoms with Gasteiger partial charge < -0.3 is 20.3 Å². The highest BCUT2D eigenvalue weighted by atomic mass is 16.5. The minimum absolute atomic E-state index is 0.00186. The van der Waals surface area contributed by atoms with Crippen LogP contribution in [-0.4, -0.2) is 32.8 Å². The third-order valence-electron chi connectivity index (χ3n) is 2.23. The van der Waals surface area contributed by atoms with Gasteiger partial charge in [-0.15, -0.1) is 0 Å². The summed E-state index contributed by atoms with van der Waals surface area (Å²) in [5, 5.41) is 17.3. The van der Waals surface area contributed by atoms with Crippen molar-refractivity contribution in [3.8, 4) is 0 Å². The first-order valence-electron chi connectivity index (χ1n) is 5.42. The molecule has 0 saturated carbocycles. The van der Waals surface area contributed by atoms with Crippen molar-refractivity contribution in [2.24, 2.45) is 0 Å². The Labute approximate surface area is 104 Å². The van der Waals surface area contributed by atoms with Gasteiger partial charge in [-0.05, 0) is 20.3 Å². The number of carbonyl (C=O) groups is 2. The lowest BCUT2D eigenvalue weighted by molar-refractivity contribution is -0.137. The van der Waals surface area contributed by atoms with Crippen LogP contribution in [0.1, 0.15) is 32.5 Å². The molecule has 0 atom stereocenters. The van der Waals surface area contributed by atoms with Gasteiger partial charge in [-0.1, -0.05) is 5.16 Å². The van der Waals surface area contributed by atoms with Crippen LogP contribution >= 0.6 is 0 Å². The van der Waals surface area contributed by atoms with Gasteiger partial charge in [0.25, 0.3) is 0 Å². The minimum atomic E-state index is -0.892. The number of carbonyl (C=O) groups excluding carboxylic acids is 1. The maximum absolute atomic E-state index is 11.5. The normalized spacial score (nSPS) is 11.0. The molecule has 1 aromatic heterocycles. The average Bonchev–Trinajstić information content (AvgIpc) is 2.76. The highest BCUT2D eigenvalue weighted by Gasteiger charge is 2.21. The van der Waals surface area contributed by atoms with Gasteiger partial charge in [0.2, 0.25) is 6.39 Å². The maximum atomic E-state index is 11.5. The van der Waals surface area contributed by atoms with Crippen molar-refractivity contribution in [1.82, 2.24) is 20.8 Å². The van der Waals surface area contributed by atoms with E-state index in [1.807, 2.05) is 0 Å². The van der Waals surface area contributed by atoms with Crippen LogP contribution in [0.4, 0.5) is 4.79 Å². The largest absolute Gasteiger partial charge is 0.481 e. The first-order chi connectivity index (χ1) is 8.39. The lowest BCUT2D eigenvalue weighted by Crippen LogP contribution is -2.48. The van der Waals surface area contributed by atoms with Crippen molar-refractivity contribution in [1.29, 1.82) is 0 Å². The van der Waals surface area contributed by atoms with Crippen molar-refractivity contribution < 1.29 is 19.2 Å². The zero-order valence-electron chi connectivity index (χ0n) is 10.3. The van der Waals surface area contributed by atoms with E-state index < -0.39 is 17.5 Å². The second-order valence-corrected chi connectivity index (χ2v) is 4.43. The van der Waals surface area contributed by atoms with Gasteiger partial charge in [0, 0.05) is 12.0 Å². The van der Waals surface area contributed by atoms with Gasteiger partial charge in [0.05, 0.1) is 6.54 Å². The van der Waals surface area contributed by atoms with Crippen LogP contribution in [0.5, 0.6) is 0 Å². The quantitative estimate of drug-likeness (QED) is 0.682. The molecule has 1 rings (SSSR count). The smallest absolute Gasteiger partial charge is 0.315 e. The first kappa shape index (κ1) is 13.9. The van der Waals surface area contributed by atoms with Crippen molar-refractivity contribution >= 4 is 12.0 Å². The Kier molecular flexibility index (Phi) is 4.64. The predicted octanol–water partition coefficient (Wildman–Crippen LogP) is 0.512. The number of aromatic nitrogens is 2. The fourth-order valence-corrected chi connectivity index (χ4v) is 1.26. The molecule has 8 heteroatoms. The molecule has 0 bridgehead atoms. The van der Waals surface area contributed by atoms with Crippen molar-refractivity contribution in [3.05, 3.63) is 12.2 Å². The van der Waals surface area contributed by atoms with Crippen LogP contribution in [0.2, 0.25) is 0 Å². The summed E-state index contributed by atoms with van der Waals surface area (Å²) in [6, 6.07) is -0.407. The molecule has 0 fully saturated rings. The number of amides is 2. The molecular formula is C10H16N4O4. The summed E-state index contributed by atoms with van der Waals surface area (Å²) in [5.41, 5.74) is -0.597. The third kappa shape index (κ3) is 5.28. The fourth-order valence-electron chi connectivity index (χ4n) is 1.26. The van der Waals surface area contributed by atoms with E-state index in [1.54, 1.807) is 13.8 Å². The highest BCUT2D eigenvalue weighted by Crippen LogP contribution is 2.10. The summed E-state index contributed by atoms with van der Waals surface area (Å²) in [7, 11) is 0. The van der Waals surface area contributed by atoms with Gasteiger partial charge >= 0.3 is 12.0 Å². The number of hydrogen-bond acceptors (Lipinski definition) is 5. The maximum Gasteiger partial charge on any atom is 0.315 e. The molecule has 0 saturated heterocycles. The molecule has 0 spiro atoms. The van der Waals surface area contributed by atoms with Crippen LogP contribution in [0.3, 0.4) is 0 Å². The second-order valence-electron chi connectivity index (χ2n) is 4.43. The number of carboxylic acid groups (broad SMARTS) is 1. The van der Waals surface area contributed by atoms with E-state index in [9.17, 15) is 9.59 Å². The van der Waals surface area contributed by atoms with E-state index in [4.69, 9.17) is 5.11 Å². The Morgan fingerprint density at radius 3 is 2.78 bits per heavy atom. The van der Waals surface area contributed by atoms with Crippen LogP contribution in [0, 0.1) is 0 Å². The number of aliphatic carboxylic acids is 1. The second kappa shape index (κ2) is 5.99. The molecule has 0 aliphatic carbocycles. The average molecular weight is 256 g/mol. The Hall–Kier alpha value is -2.12. The van der Waals surface area contributed by atoms with Gasteiger partial charge in [-0.3, -0.25) is 4.79 Å². The fraction of sp³-hybridized carbons (Fsp3) is 0.600. The molecule has 0 aromatic carbocycles. The molecule has 0 unspecified atom stereocenters. The van der Waals surface area contributed by atoms with Crippen molar-refractivity contribution in [2.45, 2.75) is 38.8 Å². The number of nitrogens with zero attached hydrogens (tertiary/aromatic N) is 2. The van der Waals surface area contributed by atoms with E-state index in [2.05, 4.69) is 25.3 Å². The van der Waals surface area contributed by atoms with Crippen molar-refractivity contribution in [3.63, 3.8) is 0 Å². The predicted molar refractivity (Wildman–Crippen MR) is 60.6 cm³/mol. The van der Waals surface area contributed by atoms with Crippen molar-refractivity contribution in [2.75, 3.05) is 0 Å². The van der Waals surface area contributed by atoms with Gasteiger partial charge in [-0.2, -0.15) is 4.98 Å². The Morgan fingerprint density at radius 1 is 1.50 bits per heavy atom. The van der Waals surface area contributed by atoms with E-state index in [0.29, 0.717) is 12.2 Å². The van der Waals surface area contributed by atoms with Crippen LogP contribution in [0.15, 0.2) is 10.9 Å². The summed E-state index contributed by atoms with van der Waals surface area (Å²) in [6.45, 7) is 3.66.